The first-order valence-electron chi connectivity index (χ1n) is 11.0. The molecule has 168 valence electrons. The van der Waals surface area contributed by atoms with Crippen molar-refractivity contribution in [2.45, 2.75) is 19.8 Å². The third-order valence-corrected chi connectivity index (χ3v) is 6.11. The molecular formula is C26H24F2N4O. The van der Waals surface area contributed by atoms with E-state index >= 15 is 0 Å². The van der Waals surface area contributed by atoms with Gasteiger partial charge in [-0.2, -0.15) is 0 Å². The summed E-state index contributed by atoms with van der Waals surface area (Å²) in [5.41, 5.74) is 4.70. The van der Waals surface area contributed by atoms with Crippen LogP contribution in [0.25, 0.3) is 22.2 Å². The third-order valence-electron chi connectivity index (χ3n) is 6.11. The van der Waals surface area contributed by atoms with E-state index in [2.05, 4.69) is 19.9 Å². The molecule has 0 N–H and O–H groups in total. The molecular weight excluding hydrogens is 422 g/mol. The number of aromatic nitrogens is 2. The van der Waals surface area contributed by atoms with Crippen LogP contribution in [0.15, 0.2) is 65.1 Å². The number of anilines is 1. The minimum absolute atomic E-state index is 0.256. The second-order valence-corrected chi connectivity index (χ2v) is 8.26. The summed E-state index contributed by atoms with van der Waals surface area (Å²) in [5, 5.41) is 0.720. The highest BCUT2D eigenvalue weighted by Crippen LogP contribution is 2.32. The second kappa shape index (κ2) is 9.19. The first-order valence-corrected chi connectivity index (χ1v) is 11.0. The van der Waals surface area contributed by atoms with Crippen molar-refractivity contribution in [1.82, 2.24) is 9.97 Å². The van der Waals surface area contributed by atoms with E-state index < -0.39 is 11.6 Å². The van der Waals surface area contributed by atoms with E-state index in [0.717, 1.165) is 47.9 Å². The molecule has 7 heteroatoms. The summed E-state index contributed by atoms with van der Waals surface area (Å²) >= 11 is 0. The maximum absolute atomic E-state index is 15.0. The van der Waals surface area contributed by atoms with Gasteiger partial charge in [-0.15, -0.1) is 0 Å². The first-order chi connectivity index (χ1) is 16.1. The summed E-state index contributed by atoms with van der Waals surface area (Å²) in [4.78, 5) is 15.4. The number of hydrogen-bond donors (Lipinski definition) is 0. The van der Waals surface area contributed by atoms with Gasteiger partial charge in [0.2, 0.25) is 0 Å². The Hall–Kier alpha value is -3.45. The fourth-order valence-electron chi connectivity index (χ4n) is 4.23. The number of morpholine rings is 1. The number of ether oxygens (including phenoxy) is 1. The Labute approximate surface area is 191 Å². The molecule has 0 aliphatic carbocycles. The molecule has 0 amide bonds. The van der Waals surface area contributed by atoms with Gasteiger partial charge >= 0.3 is 0 Å². The summed E-state index contributed by atoms with van der Waals surface area (Å²) < 4.78 is 35.1. The molecule has 0 radical (unpaired) electrons. The Bertz CT molecular complexity index is 1290. The summed E-state index contributed by atoms with van der Waals surface area (Å²) in [6, 6.07) is 8.37. The van der Waals surface area contributed by atoms with E-state index in [-0.39, 0.29) is 12.0 Å². The molecule has 33 heavy (non-hydrogen) atoms. The van der Waals surface area contributed by atoms with Crippen molar-refractivity contribution in [3.8, 4) is 11.3 Å². The average Bonchev–Trinajstić information content (AvgIpc) is 3.04. The largest absolute Gasteiger partial charge is 0.378 e. The lowest BCUT2D eigenvalue weighted by Gasteiger charge is -2.29. The number of aliphatic imine (C=N–C) groups is 1. The summed E-state index contributed by atoms with van der Waals surface area (Å²) in [6.45, 7) is 4.98. The standard InChI is InChI=1S/C26H24F2N4O/c1-17-4-2-3-7-29-24(17)13-18-12-21(23(28)15-22(18)27)26-20-6-5-19(14-25(20)30-16-31-26)32-8-10-33-11-9-32/h2-3,5-7,12,14-16H,4,8-11,13H2,1H3. The Morgan fingerprint density at radius 1 is 1.03 bits per heavy atom. The molecule has 0 bridgehead atoms. The van der Waals surface area contributed by atoms with Crippen LogP contribution in [-0.4, -0.2) is 42.5 Å². The Morgan fingerprint density at radius 2 is 1.88 bits per heavy atom. The zero-order chi connectivity index (χ0) is 22.8. The van der Waals surface area contributed by atoms with Crippen LogP contribution in [0, 0.1) is 11.6 Å². The van der Waals surface area contributed by atoms with Crippen LogP contribution >= 0.6 is 0 Å². The van der Waals surface area contributed by atoms with E-state index in [1.54, 1.807) is 12.3 Å². The van der Waals surface area contributed by atoms with Gasteiger partial charge in [0, 0.05) is 54.1 Å². The highest BCUT2D eigenvalue weighted by molar-refractivity contribution is 5.94. The molecule has 5 nitrogen and oxygen atoms in total. The number of rotatable bonds is 4. The minimum Gasteiger partial charge on any atom is -0.378 e. The van der Waals surface area contributed by atoms with Crippen LogP contribution in [0.2, 0.25) is 0 Å². The quantitative estimate of drug-likeness (QED) is 0.549. The number of allylic oxidation sites excluding steroid dienone is 4. The Balaban J connectivity index is 1.54. The number of halogens is 2. The van der Waals surface area contributed by atoms with Crippen molar-refractivity contribution in [2.75, 3.05) is 31.2 Å². The van der Waals surface area contributed by atoms with E-state index in [4.69, 9.17) is 4.74 Å². The van der Waals surface area contributed by atoms with Gasteiger partial charge < -0.3 is 9.64 Å². The van der Waals surface area contributed by atoms with Gasteiger partial charge in [0.25, 0.3) is 0 Å². The van der Waals surface area contributed by atoms with Crippen LogP contribution < -0.4 is 4.90 Å². The maximum Gasteiger partial charge on any atom is 0.135 e. The van der Waals surface area contributed by atoms with E-state index in [0.29, 0.717) is 30.0 Å². The van der Waals surface area contributed by atoms with Crippen molar-refractivity contribution in [3.05, 3.63) is 77.3 Å². The van der Waals surface area contributed by atoms with Crippen molar-refractivity contribution in [2.24, 2.45) is 4.99 Å². The molecule has 5 rings (SSSR count). The molecule has 1 aromatic heterocycles. The monoisotopic (exact) mass is 446 g/mol. The molecule has 0 atom stereocenters. The fourth-order valence-corrected chi connectivity index (χ4v) is 4.23. The van der Waals surface area contributed by atoms with E-state index in [1.165, 1.54) is 6.33 Å². The molecule has 0 spiro atoms. The van der Waals surface area contributed by atoms with Crippen molar-refractivity contribution < 1.29 is 13.5 Å². The van der Waals surface area contributed by atoms with Gasteiger partial charge in [0.15, 0.2) is 0 Å². The summed E-state index contributed by atoms with van der Waals surface area (Å²) in [7, 11) is 0. The molecule has 2 aromatic carbocycles. The van der Waals surface area contributed by atoms with Crippen LogP contribution in [0.1, 0.15) is 18.9 Å². The SMILES string of the molecule is CC1=C(Cc2cc(-c3ncnc4cc(N5CCOCC5)ccc34)c(F)cc2F)N=CC=CC1. The number of nitrogens with zero attached hydrogens (tertiary/aromatic N) is 4. The molecule has 0 unspecified atom stereocenters. The number of hydrogen-bond acceptors (Lipinski definition) is 5. The second-order valence-electron chi connectivity index (χ2n) is 8.26. The summed E-state index contributed by atoms with van der Waals surface area (Å²) in [6.07, 6.45) is 8.06. The highest BCUT2D eigenvalue weighted by atomic mass is 19.1. The highest BCUT2D eigenvalue weighted by Gasteiger charge is 2.18. The van der Waals surface area contributed by atoms with Gasteiger partial charge in [0.1, 0.15) is 18.0 Å². The maximum atomic E-state index is 15.0. The first kappa shape index (κ1) is 21.4. The van der Waals surface area contributed by atoms with E-state index in [1.807, 2.05) is 37.3 Å². The number of fused-ring (bicyclic) bond motifs is 1. The summed E-state index contributed by atoms with van der Waals surface area (Å²) in [5.74, 6) is -1.23. The van der Waals surface area contributed by atoms with Crippen molar-refractivity contribution in [3.63, 3.8) is 0 Å². The van der Waals surface area contributed by atoms with Crippen LogP contribution in [-0.2, 0) is 11.2 Å². The lowest BCUT2D eigenvalue weighted by molar-refractivity contribution is 0.122. The smallest absolute Gasteiger partial charge is 0.135 e. The average molecular weight is 447 g/mol. The zero-order valence-electron chi connectivity index (χ0n) is 18.4. The van der Waals surface area contributed by atoms with Crippen LogP contribution in [0.3, 0.4) is 0 Å². The van der Waals surface area contributed by atoms with Gasteiger partial charge in [-0.25, -0.2) is 18.7 Å². The van der Waals surface area contributed by atoms with Gasteiger partial charge in [-0.3, -0.25) is 4.99 Å². The third kappa shape index (κ3) is 4.41. The van der Waals surface area contributed by atoms with Gasteiger partial charge in [-0.05, 0) is 54.8 Å². The van der Waals surface area contributed by atoms with Gasteiger partial charge in [0.05, 0.1) is 24.4 Å². The molecule has 2 aliphatic rings. The van der Waals surface area contributed by atoms with Crippen molar-refractivity contribution >= 4 is 22.8 Å². The van der Waals surface area contributed by atoms with Crippen LogP contribution in [0.5, 0.6) is 0 Å². The fraction of sp³-hybridized carbons (Fsp3) is 0.269. The predicted molar refractivity (Wildman–Crippen MR) is 127 cm³/mol. The normalized spacial score (nSPS) is 16.5. The molecule has 3 aromatic rings. The Kier molecular flexibility index (Phi) is 5.96. The Morgan fingerprint density at radius 3 is 2.73 bits per heavy atom. The topological polar surface area (TPSA) is 50.6 Å². The molecule has 3 heterocycles. The minimum atomic E-state index is -0.648. The molecule has 1 fully saturated rings. The van der Waals surface area contributed by atoms with Crippen LogP contribution in [0.4, 0.5) is 14.5 Å². The molecule has 1 saturated heterocycles. The number of benzene rings is 2. The molecule has 2 aliphatic heterocycles. The van der Waals surface area contributed by atoms with E-state index in [9.17, 15) is 8.78 Å². The lowest BCUT2D eigenvalue weighted by atomic mass is 9.99. The molecule has 0 saturated carbocycles. The predicted octanol–water partition coefficient (Wildman–Crippen LogP) is 5.26. The van der Waals surface area contributed by atoms with Gasteiger partial charge in [-0.1, -0.05) is 6.08 Å². The lowest BCUT2D eigenvalue weighted by Crippen LogP contribution is -2.36. The zero-order valence-corrected chi connectivity index (χ0v) is 18.4. The van der Waals surface area contributed by atoms with Crippen molar-refractivity contribution in [1.29, 1.82) is 0 Å².